The summed E-state index contributed by atoms with van der Waals surface area (Å²) in [6.45, 7) is 0. The minimum Gasteiger partial charge on any atom is -0.442 e. The maximum absolute atomic E-state index is 12.1. The molecule has 1 aliphatic carbocycles. The lowest BCUT2D eigenvalue weighted by Crippen LogP contribution is -2.28. The van der Waals surface area contributed by atoms with Crippen molar-refractivity contribution in [3.05, 3.63) is 21.9 Å². The zero-order valence-corrected chi connectivity index (χ0v) is 12.7. The van der Waals surface area contributed by atoms with E-state index in [-0.39, 0.29) is 16.8 Å². The number of ether oxygens (including phenoxy) is 1. The first-order valence-electron chi connectivity index (χ1n) is 6.66. The summed E-state index contributed by atoms with van der Waals surface area (Å²) >= 11 is 11.8. The molecule has 108 valence electrons. The molecule has 20 heavy (non-hydrogen) atoms. The van der Waals surface area contributed by atoms with Crippen LogP contribution in [0.25, 0.3) is 0 Å². The van der Waals surface area contributed by atoms with Gasteiger partial charge in [0.05, 0.1) is 5.02 Å². The van der Waals surface area contributed by atoms with Gasteiger partial charge in [0.2, 0.25) is 0 Å². The minimum atomic E-state index is -0.699. The molecular formula is C14H16Cl2N2O2. The van der Waals surface area contributed by atoms with Crippen LogP contribution in [0.1, 0.15) is 42.6 Å². The Balaban J connectivity index is 2.09. The molecule has 0 N–H and O–H groups in total. The molecule has 1 aliphatic rings. The second-order valence-corrected chi connectivity index (χ2v) is 5.85. The van der Waals surface area contributed by atoms with Gasteiger partial charge in [0.25, 0.3) is 0 Å². The van der Waals surface area contributed by atoms with Crippen molar-refractivity contribution in [1.82, 2.24) is 4.57 Å². The molecule has 1 atom stereocenters. The molecule has 1 saturated carbocycles. The average Bonchev–Trinajstić information content (AvgIpc) is 2.73. The lowest BCUT2D eigenvalue weighted by atomic mass is 9.85. The normalized spacial score (nSPS) is 17.5. The highest BCUT2D eigenvalue weighted by Crippen LogP contribution is 2.29. The van der Waals surface area contributed by atoms with Crippen LogP contribution < -0.4 is 0 Å². The Kier molecular flexibility index (Phi) is 4.95. The van der Waals surface area contributed by atoms with E-state index in [0.29, 0.717) is 5.02 Å². The van der Waals surface area contributed by atoms with Crippen LogP contribution in [-0.2, 0) is 11.8 Å². The summed E-state index contributed by atoms with van der Waals surface area (Å²) in [5.41, 5.74) is 0.260. The molecule has 2 rings (SSSR count). The SMILES string of the molecule is Cn1c(C(=O)OC(C#N)C2CCCCC2)cc(Cl)c1Cl. The summed E-state index contributed by atoms with van der Waals surface area (Å²) < 4.78 is 6.80. The van der Waals surface area contributed by atoms with Gasteiger partial charge in [-0.15, -0.1) is 0 Å². The van der Waals surface area contributed by atoms with Crippen LogP contribution in [0.2, 0.25) is 10.2 Å². The average molecular weight is 315 g/mol. The van der Waals surface area contributed by atoms with E-state index in [1.54, 1.807) is 7.05 Å². The van der Waals surface area contributed by atoms with E-state index < -0.39 is 12.1 Å². The van der Waals surface area contributed by atoms with Gasteiger partial charge in [-0.2, -0.15) is 5.26 Å². The number of nitrogens with zero attached hydrogens (tertiary/aromatic N) is 2. The molecule has 0 radical (unpaired) electrons. The maximum atomic E-state index is 12.1. The number of hydrogen-bond donors (Lipinski definition) is 0. The molecule has 1 aromatic heterocycles. The predicted molar refractivity (Wildman–Crippen MR) is 76.8 cm³/mol. The van der Waals surface area contributed by atoms with E-state index in [2.05, 4.69) is 6.07 Å². The first kappa shape index (κ1) is 15.2. The van der Waals surface area contributed by atoms with E-state index in [0.717, 1.165) is 25.7 Å². The largest absolute Gasteiger partial charge is 0.442 e. The van der Waals surface area contributed by atoms with Gasteiger partial charge in [-0.3, -0.25) is 0 Å². The smallest absolute Gasteiger partial charge is 0.356 e. The molecule has 1 fully saturated rings. The standard InChI is InChI=1S/C14H16Cl2N2O2/c1-18-11(7-10(15)13(18)16)14(19)20-12(8-17)9-5-3-2-4-6-9/h7,9,12H,2-6H2,1H3. The predicted octanol–water partition coefficient (Wildman–Crippen LogP) is 3.96. The monoisotopic (exact) mass is 314 g/mol. The summed E-state index contributed by atoms with van der Waals surface area (Å²) in [4.78, 5) is 12.1. The topological polar surface area (TPSA) is 55.0 Å². The molecule has 4 nitrogen and oxygen atoms in total. The molecule has 0 saturated heterocycles. The van der Waals surface area contributed by atoms with Crippen LogP contribution in [-0.4, -0.2) is 16.6 Å². The Hall–Kier alpha value is -1.18. The van der Waals surface area contributed by atoms with E-state index in [4.69, 9.17) is 27.9 Å². The minimum absolute atomic E-state index is 0.129. The van der Waals surface area contributed by atoms with E-state index in [1.807, 2.05) is 0 Å². The highest BCUT2D eigenvalue weighted by molar-refractivity contribution is 6.41. The third-order valence-electron chi connectivity index (χ3n) is 3.76. The molecule has 0 bridgehead atoms. The van der Waals surface area contributed by atoms with Crippen molar-refractivity contribution in [2.75, 3.05) is 0 Å². The number of esters is 1. The summed E-state index contributed by atoms with van der Waals surface area (Å²) in [5, 5.41) is 9.80. The fraction of sp³-hybridized carbons (Fsp3) is 0.571. The number of nitriles is 1. The number of carbonyl (C=O) groups is 1. The summed E-state index contributed by atoms with van der Waals surface area (Å²) in [7, 11) is 1.63. The molecule has 0 aliphatic heterocycles. The number of aromatic nitrogens is 1. The summed E-state index contributed by atoms with van der Waals surface area (Å²) in [6.07, 6.45) is 4.52. The Bertz CT molecular complexity index is 542. The fourth-order valence-electron chi connectivity index (χ4n) is 2.58. The van der Waals surface area contributed by atoms with Gasteiger partial charge in [0.1, 0.15) is 16.9 Å². The first-order valence-corrected chi connectivity index (χ1v) is 7.41. The molecule has 1 heterocycles. The van der Waals surface area contributed by atoms with Crippen molar-refractivity contribution in [1.29, 1.82) is 5.26 Å². The summed E-state index contributed by atoms with van der Waals surface area (Å²) in [5.74, 6) is -0.428. The van der Waals surface area contributed by atoms with Crippen molar-refractivity contribution in [2.45, 2.75) is 38.2 Å². The van der Waals surface area contributed by atoms with E-state index in [9.17, 15) is 10.1 Å². The Morgan fingerprint density at radius 1 is 1.45 bits per heavy atom. The van der Waals surface area contributed by atoms with Gasteiger partial charge >= 0.3 is 5.97 Å². The molecule has 1 aromatic rings. The molecular weight excluding hydrogens is 299 g/mol. The third kappa shape index (κ3) is 3.11. The molecule has 0 amide bonds. The van der Waals surface area contributed by atoms with Crippen LogP contribution in [0.15, 0.2) is 6.07 Å². The molecule has 0 aromatic carbocycles. The second kappa shape index (κ2) is 6.51. The first-order chi connectivity index (χ1) is 9.54. The van der Waals surface area contributed by atoms with Crippen LogP contribution >= 0.6 is 23.2 Å². The van der Waals surface area contributed by atoms with Crippen molar-refractivity contribution in [2.24, 2.45) is 13.0 Å². The van der Waals surface area contributed by atoms with Crippen molar-refractivity contribution < 1.29 is 9.53 Å². The van der Waals surface area contributed by atoms with Crippen LogP contribution in [0.4, 0.5) is 0 Å². The molecule has 6 heteroatoms. The highest BCUT2D eigenvalue weighted by atomic mass is 35.5. The Morgan fingerprint density at radius 3 is 2.60 bits per heavy atom. The fourth-order valence-corrected chi connectivity index (χ4v) is 2.95. The van der Waals surface area contributed by atoms with Crippen molar-refractivity contribution in [3.63, 3.8) is 0 Å². The van der Waals surface area contributed by atoms with Crippen molar-refractivity contribution >= 4 is 29.2 Å². The van der Waals surface area contributed by atoms with Gasteiger partial charge in [-0.25, -0.2) is 4.79 Å². The van der Waals surface area contributed by atoms with Crippen molar-refractivity contribution in [3.8, 4) is 6.07 Å². The zero-order chi connectivity index (χ0) is 14.7. The molecule has 0 spiro atoms. The molecule has 1 unspecified atom stereocenters. The van der Waals surface area contributed by atoms with Gasteiger partial charge in [0.15, 0.2) is 6.10 Å². The third-order valence-corrected chi connectivity index (χ3v) is 4.61. The van der Waals surface area contributed by atoms with Crippen LogP contribution in [0.5, 0.6) is 0 Å². The lowest BCUT2D eigenvalue weighted by molar-refractivity contribution is 0.0236. The van der Waals surface area contributed by atoms with Gasteiger partial charge < -0.3 is 9.30 Å². The van der Waals surface area contributed by atoms with E-state index in [1.165, 1.54) is 17.1 Å². The van der Waals surface area contributed by atoms with Crippen LogP contribution in [0, 0.1) is 17.2 Å². The number of halogens is 2. The van der Waals surface area contributed by atoms with Crippen LogP contribution in [0.3, 0.4) is 0 Å². The quantitative estimate of drug-likeness (QED) is 0.793. The highest BCUT2D eigenvalue weighted by Gasteiger charge is 2.28. The van der Waals surface area contributed by atoms with E-state index >= 15 is 0 Å². The summed E-state index contributed by atoms with van der Waals surface area (Å²) in [6, 6.07) is 3.55. The van der Waals surface area contributed by atoms with Gasteiger partial charge in [-0.1, -0.05) is 42.5 Å². The van der Waals surface area contributed by atoms with Gasteiger partial charge in [-0.05, 0) is 18.9 Å². The Morgan fingerprint density at radius 2 is 2.10 bits per heavy atom. The zero-order valence-electron chi connectivity index (χ0n) is 11.2. The lowest BCUT2D eigenvalue weighted by Gasteiger charge is -2.25. The maximum Gasteiger partial charge on any atom is 0.356 e. The second-order valence-electron chi connectivity index (χ2n) is 5.08. The number of carbonyl (C=O) groups excluding carboxylic acids is 1. The van der Waals surface area contributed by atoms with Gasteiger partial charge in [0, 0.05) is 13.0 Å². The number of rotatable bonds is 3. The number of hydrogen-bond acceptors (Lipinski definition) is 3. The Labute approximate surface area is 128 Å².